The van der Waals surface area contributed by atoms with Crippen molar-refractivity contribution in [3.8, 4) is 0 Å². The van der Waals surface area contributed by atoms with E-state index in [1.165, 1.54) is 0 Å². The molecule has 3 aromatic rings. The Morgan fingerprint density at radius 3 is 2.75 bits per heavy atom. The van der Waals surface area contributed by atoms with Crippen LogP contribution >= 0.6 is 11.8 Å². The molecule has 6 heteroatoms. The number of para-hydroxylation sites is 3. The number of thioether (sulfide) groups is 1. The third kappa shape index (κ3) is 3.54. The molecule has 0 spiro atoms. The number of hydrogen-bond donors (Lipinski definition) is 1. The fraction of sp³-hybridized carbons (Fsp3) is 0.222. The molecule has 0 saturated carbocycles. The van der Waals surface area contributed by atoms with Gasteiger partial charge in [-0.15, -0.1) is 11.8 Å². The third-order valence-electron chi connectivity index (χ3n) is 3.74. The lowest BCUT2D eigenvalue weighted by atomic mass is 10.2. The molecule has 0 unspecified atom stereocenters. The van der Waals surface area contributed by atoms with Crippen LogP contribution < -0.4 is 11.1 Å². The molecule has 1 N–H and O–H groups in total. The molecule has 124 valence electrons. The Bertz CT molecular complexity index is 914. The van der Waals surface area contributed by atoms with Gasteiger partial charge >= 0.3 is 5.76 Å². The van der Waals surface area contributed by atoms with Gasteiger partial charge in [0, 0.05) is 17.9 Å². The molecule has 0 aliphatic rings. The van der Waals surface area contributed by atoms with E-state index < -0.39 is 0 Å². The standard InChI is InChI=1S/C18H18N2O3S/c1-24-16-10-5-2-7-13(16)19-17(21)11-6-12-20-14-8-3-4-9-15(14)23-18(20)22/h2-5,7-10H,6,11-12H2,1H3,(H,19,21). The zero-order valence-electron chi connectivity index (χ0n) is 13.3. The second-order valence-corrected chi connectivity index (χ2v) is 6.19. The number of carbonyl (C=O) groups excluding carboxylic acids is 1. The van der Waals surface area contributed by atoms with Gasteiger partial charge in [0.1, 0.15) is 0 Å². The molecule has 5 nitrogen and oxygen atoms in total. The van der Waals surface area contributed by atoms with Crippen molar-refractivity contribution >= 4 is 34.5 Å². The first-order valence-electron chi connectivity index (χ1n) is 7.70. The van der Waals surface area contributed by atoms with Crippen LogP contribution in [0.25, 0.3) is 11.1 Å². The average molecular weight is 342 g/mol. The van der Waals surface area contributed by atoms with E-state index in [9.17, 15) is 9.59 Å². The molecular weight excluding hydrogens is 324 g/mol. The molecule has 0 bridgehead atoms. The van der Waals surface area contributed by atoms with Crippen molar-refractivity contribution in [2.75, 3.05) is 11.6 Å². The Morgan fingerprint density at radius 2 is 1.92 bits per heavy atom. The number of aryl methyl sites for hydroxylation is 1. The number of nitrogens with one attached hydrogen (secondary N) is 1. The van der Waals surface area contributed by atoms with Crippen LogP contribution in [-0.2, 0) is 11.3 Å². The van der Waals surface area contributed by atoms with E-state index in [1.54, 1.807) is 22.4 Å². The highest BCUT2D eigenvalue weighted by Gasteiger charge is 2.10. The van der Waals surface area contributed by atoms with E-state index in [1.807, 2.05) is 48.7 Å². The first-order chi connectivity index (χ1) is 11.7. The molecule has 24 heavy (non-hydrogen) atoms. The van der Waals surface area contributed by atoms with Crippen LogP contribution in [0.3, 0.4) is 0 Å². The van der Waals surface area contributed by atoms with Crippen molar-refractivity contribution in [1.82, 2.24) is 4.57 Å². The minimum Gasteiger partial charge on any atom is -0.408 e. The van der Waals surface area contributed by atoms with Crippen LogP contribution in [0.2, 0.25) is 0 Å². The van der Waals surface area contributed by atoms with Gasteiger partial charge in [0.2, 0.25) is 5.91 Å². The van der Waals surface area contributed by atoms with E-state index >= 15 is 0 Å². The molecule has 0 atom stereocenters. The van der Waals surface area contributed by atoms with Crippen LogP contribution in [0.5, 0.6) is 0 Å². The molecular formula is C18H18N2O3S. The minimum absolute atomic E-state index is 0.0580. The fourth-order valence-corrected chi connectivity index (χ4v) is 3.14. The summed E-state index contributed by atoms with van der Waals surface area (Å²) in [5, 5.41) is 2.92. The summed E-state index contributed by atoms with van der Waals surface area (Å²) in [4.78, 5) is 25.0. The van der Waals surface area contributed by atoms with E-state index in [0.29, 0.717) is 25.0 Å². The highest BCUT2D eigenvalue weighted by molar-refractivity contribution is 7.98. The maximum Gasteiger partial charge on any atom is 0.419 e. The topological polar surface area (TPSA) is 64.2 Å². The van der Waals surface area contributed by atoms with Crippen molar-refractivity contribution in [1.29, 1.82) is 0 Å². The molecule has 2 aromatic carbocycles. The summed E-state index contributed by atoms with van der Waals surface area (Å²) in [5.41, 5.74) is 2.15. The molecule has 0 radical (unpaired) electrons. The first kappa shape index (κ1) is 16.4. The van der Waals surface area contributed by atoms with Gasteiger partial charge in [-0.2, -0.15) is 0 Å². The van der Waals surface area contributed by atoms with Crippen molar-refractivity contribution in [3.05, 3.63) is 59.1 Å². The first-order valence-corrected chi connectivity index (χ1v) is 8.93. The second kappa shape index (κ2) is 7.40. The number of carbonyl (C=O) groups is 1. The van der Waals surface area contributed by atoms with Gasteiger partial charge in [-0.1, -0.05) is 24.3 Å². The van der Waals surface area contributed by atoms with E-state index in [4.69, 9.17) is 4.42 Å². The predicted octanol–water partition coefficient (Wildman–Crippen LogP) is 3.74. The van der Waals surface area contributed by atoms with E-state index in [0.717, 1.165) is 16.1 Å². The monoisotopic (exact) mass is 342 g/mol. The maximum atomic E-state index is 12.1. The van der Waals surface area contributed by atoms with E-state index in [-0.39, 0.29) is 11.7 Å². The molecule has 0 aliphatic heterocycles. The Hall–Kier alpha value is -2.47. The number of amides is 1. The maximum absolute atomic E-state index is 12.1. The summed E-state index contributed by atoms with van der Waals surface area (Å²) in [7, 11) is 0. The van der Waals surface area contributed by atoms with Crippen molar-refractivity contribution in [2.24, 2.45) is 0 Å². The fourth-order valence-electron chi connectivity index (χ4n) is 2.58. The number of hydrogen-bond acceptors (Lipinski definition) is 4. The molecule has 3 rings (SSSR count). The lowest BCUT2D eigenvalue weighted by Crippen LogP contribution is -2.17. The van der Waals surface area contributed by atoms with Crippen LogP contribution in [0, 0.1) is 0 Å². The summed E-state index contributed by atoms with van der Waals surface area (Å²) in [6, 6.07) is 15.0. The Labute approximate surface area is 143 Å². The highest BCUT2D eigenvalue weighted by Crippen LogP contribution is 2.24. The number of anilines is 1. The second-order valence-electron chi connectivity index (χ2n) is 5.34. The zero-order chi connectivity index (χ0) is 16.9. The van der Waals surface area contributed by atoms with Crippen molar-refractivity contribution in [3.63, 3.8) is 0 Å². The van der Waals surface area contributed by atoms with Gasteiger partial charge in [-0.05, 0) is 36.9 Å². The van der Waals surface area contributed by atoms with Crippen LogP contribution in [-0.4, -0.2) is 16.7 Å². The molecule has 0 aliphatic carbocycles. The summed E-state index contributed by atoms with van der Waals surface area (Å²) in [6.07, 6.45) is 2.88. The average Bonchev–Trinajstić information content (AvgIpc) is 2.91. The summed E-state index contributed by atoms with van der Waals surface area (Å²) in [5.74, 6) is -0.443. The van der Waals surface area contributed by atoms with Gasteiger partial charge in [-0.25, -0.2) is 4.79 Å². The van der Waals surface area contributed by atoms with Gasteiger partial charge in [-0.3, -0.25) is 9.36 Å². The number of oxazole rings is 1. The van der Waals surface area contributed by atoms with Gasteiger partial charge in [0.25, 0.3) is 0 Å². The molecule has 0 saturated heterocycles. The normalized spacial score (nSPS) is 10.9. The number of rotatable bonds is 6. The Balaban J connectivity index is 1.61. The third-order valence-corrected chi connectivity index (χ3v) is 4.54. The minimum atomic E-state index is -0.385. The van der Waals surface area contributed by atoms with Gasteiger partial charge in [0.15, 0.2) is 5.58 Å². The number of fused-ring (bicyclic) bond motifs is 1. The SMILES string of the molecule is CSc1ccccc1NC(=O)CCCn1c(=O)oc2ccccc21. The Kier molecular flexibility index (Phi) is 5.05. The summed E-state index contributed by atoms with van der Waals surface area (Å²) < 4.78 is 6.75. The van der Waals surface area contributed by atoms with Crippen LogP contribution in [0.4, 0.5) is 5.69 Å². The number of aromatic nitrogens is 1. The molecule has 1 heterocycles. The predicted molar refractivity (Wildman–Crippen MR) is 96.6 cm³/mol. The molecule has 0 fully saturated rings. The summed E-state index contributed by atoms with van der Waals surface area (Å²) in [6.45, 7) is 0.452. The summed E-state index contributed by atoms with van der Waals surface area (Å²) >= 11 is 1.59. The van der Waals surface area contributed by atoms with Crippen LogP contribution in [0.1, 0.15) is 12.8 Å². The largest absolute Gasteiger partial charge is 0.419 e. The Morgan fingerprint density at radius 1 is 1.17 bits per heavy atom. The van der Waals surface area contributed by atoms with E-state index in [2.05, 4.69) is 5.32 Å². The smallest absolute Gasteiger partial charge is 0.408 e. The van der Waals surface area contributed by atoms with Crippen LogP contribution in [0.15, 0.2) is 62.6 Å². The number of nitrogens with zero attached hydrogens (tertiary/aromatic N) is 1. The molecule has 1 amide bonds. The van der Waals surface area contributed by atoms with Crippen molar-refractivity contribution in [2.45, 2.75) is 24.3 Å². The van der Waals surface area contributed by atoms with Gasteiger partial charge < -0.3 is 9.73 Å². The highest BCUT2D eigenvalue weighted by atomic mass is 32.2. The zero-order valence-corrected chi connectivity index (χ0v) is 14.1. The lowest BCUT2D eigenvalue weighted by Gasteiger charge is -2.09. The van der Waals surface area contributed by atoms with Crippen molar-refractivity contribution < 1.29 is 9.21 Å². The lowest BCUT2D eigenvalue weighted by molar-refractivity contribution is -0.116. The quantitative estimate of drug-likeness (QED) is 0.693. The van der Waals surface area contributed by atoms with Gasteiger partial charge in [0.05, 0.1) is 11.2 Å². The number of benzene rings is 2. The molecule has 1 aromatic heterocycles.